The highest BCUT2D eigenvalue weighted by molar-refractivity contribution is 7.13. The van der Waals surface area contributed by atoms with Crippen molar-refractivity contribution in [3.05, 3.63) is 11.1 Å². The number of nitrogens with one attached hydrogen (secondary N) is 1. The fourth-order valence-corrected chi connectivity index (χ4v) is 3.61. The summed E-state index contributed by atoms with van der Waals surface area (Å²) in [5.74, 6) is -0.780. The van der Waals surface area contributed by atoms with Crippen LogP contribution in [0.25, 0.3) is 0 Å². The maximum absolute atomic E-state index is 10.6. The second-order valence-corrected chi connectivity index (χ2v) is 6.47. The molecule has 0 radical (unpaired) electrons. The number of nitrogens with zero attached hydrogens (tertiary/aromatic N) is 1. The van der Waals surface area contributed by atoms with Gasteiger partial charge in [-0.15, -0.1) is 11.3 Å². The molecule has 2 heterocycles. The van der Waals surface area contributed by atoms with Crippen molar-refractivity contribution in [3.63, 3.8) is 0 Å². The lowest BCUT2D eigenvalue weighted by Crippen LogP contribution is -2.43. The lowest BCUT2D eigenvalue weighted by molar-refractivity contribution is -0.136. The van der Waals surface area contributed by atoms with Gasteiger partial charge in [0, 0.05) is 24.4 Å². The lowest BCUT2D eigenvalue weighted by Gasteiger charge is -2.40. The number of hydrogen-bond donors (Lipinski definition) is 2. The van der Waals surface area contributed by atoms with E-state index in [9.17, 15) is 4.79 Å². The molecule has 1 aliphatic rings. The Bertz CT molecular complexity index is 471. The summed E-state index contributed by atoms with van der Waals surface area (Å²) in [5, 5.41) is 15.0. The highest BCUT2D eigenvalue weighted by atomic mass is 32.1. The van der Waals surface area contributed by atoms with Crippen molar-refractivity contribution in [2.75, 3.05) is 11.9 Å². The van der Waals surface area contributed by atoms with Gasteiger partial charge in [0.15, 0.2) is 5.13 Å². The molecule has 2 rings (SSSR count). The molecule has 5 nitrogen and oxygen atoms in total. The molecule has 118 valence electrons. The van der Waals surface area contributed by atoms with Crippen LogP contribution in [0.2, 0.25) is 0 Å². The predicted molar refractivity (Wildman–Crippen MR) is 84.0 cm³/mol. The number of thiazole rings is 1. The number of carboxylic acid groups (broad SMARTS) is 1. The monoisotopic (exact) mass is 312 g/mol. The number of anilines is 1. The Morgan fingerprint density at radius 3 is 3.00 bits per heavy atom. The molecule has 1 unspecified atom stereocenters. The Morgan fingerprint density at radius 2 is 2.33 bits per heavy atom. The van der Waals surface area contributed by atoms with Gasteiger partial charge in [-0.25, -0.2) is 4.98 Å². The highest BCUT2D eigenvalue weighted by Gasteiger charge is 2.34. The molecule has 1 saturated heterocycles. The molecule has 1 aromatic rings. The average molecular weight is 312 g/mol. The van der Waals surface area contributed by atoms with Crippen LogP contribution in [0, 0.1) is 0 Å². The first-order valence-electron chi connectivity index (χ1n) is 7.63. The summed E-state index contributed by atoms with van der Waals surface area (Å²) in [7, 11) is 0. The zero-order valence-corrected chi connectivity index (χ0v) is 13.5. The fraction of sp³-hybridized carbons (Fsp3) is 0.733. The third-order valence-corrected chi connectivity index (χ3v) is 5.08. The summed E-state index contributed by atoms with van der Waals surface area (Å²) in [4.78, 5) is 15.1. The summed E-state index contributed by atoms with van der Waals surface area (Å²) in [5.41, 5.74) is 0.855. The maximum Gasteiger partial charge on any atom is 0.303 e. The number of carbonyl (C=O) groups is 1. The van der Waals surface area contributed by atoms with Crippen molar-refractivity contribution >= 4 is 22.4 Å². The van der Waals surface area contributed by atoms with Crippen LogP contribution in [0.4, 0.5) is 5.13 Å². The van der Waals surface area contributed by atoms with Crippen LogP contribution in [0.15, 0.2) is 5.38 Å². The van der Waals surface area contributed by atoms with E-state index in [0.29, 0.717) is 12.5 Å². The molecule has 0 bridgehead atoms. The Kier molecular flexibility index (Phi) is 5.58. The Labute approximate surface area is 129 Å². The summed E-state index contributed by atoms with van der Waals surface area (Å²) in [6, 6.07) is 0.386. The van der Waals surface area contributed by atoms with Gasteiger partial charge in [0.1, 0.15) is 0 Å². The predicted octanol–water partition coefficient (Wildman–Crippen LogP) is 3.31. The largest absolute Gasteiger partial charge is 0.481 e. The summed E-state index contributed by atoms with van der Waals surface area (Å²) < 4.78 is 5.98. The van der Waals surface area contributed by atoms with E-state index in [-0.39, 0.29) is 12.0 Å². The van der Waals surface area contributed by atoms with Gasteiger partial charge in [-0.1, -0.05) is 13.8 Å². The molecule has 0 spiro atoms. The quantitative estimate of drug-likeness (QED) is 0.808. The molecule has 1 atom stereocenters. The van der Waals surface area contributed by atoms with Gasteiger partial charge in [0.05, 0.1) is 17.7 Å². The summed E-state index contributed by atoms with van der Waals surface area (Å²) in [6.45, 7) is 5.15. The molecule has 0 aromatic carbocycles. The van der Waals surface area contributed by atoms with Crippen molar-refractivity contribution in [3.8, 4) is 0 Å². The number of carboxylic acids is 1. The van der Waals surface area contributed by atoms with Gasteiger partial charge in [0.2, 0.25) is 0 Å². The number of ether oxygens (including phenoxy) is 1. The number of aliphatic carboxylic acids is 1. The van der Waals surface area contributed by atoms with Gasteiger partial charge in [0.25, 0.3) is 0 Å². The van der Waals surface area contributed by atoms with E-state index >= 15 is 0 Å². The number of hydrogen-bond acceptors (Lipinski definition) is 5. The van der Waals surface area contributed by atoms with E-state index < -0.39 is 5.97 Å². The van der Waals surface area contributed by atoms with Crippen LogP contribution in [0.5, 0.6) is 0 Å². The molecule has 6 heteroatoms. The second kappa shape index (κ2) is 7.22. The first kappa shape index (κ1) is 16.2. The molecule has 0 amide bonds. The fourth-order valence-electron chi connectivity index (χ4n) is 2.79. The third-order valence-electron chi connectivity index (χ3n) is 4.26. The van der Waals surface area contributed by atoms with Crippen LogP contribution in [-0.2, 0) is 16.0 Å². The average Bonchev–Trinajstić information content (AvgIpc) is 2.93. The van der Waals surface area contributed by atoms with E-state index in [1.807, 2.05) is 5.38 Å². The van der Waals surface area contributed by atoms with Crippen molar-refractivity contribution in [2.24, 2.45) is 0 Å². The van der Waals surface area contributed by atoms with E-state index in [1.54, 1.807) is 11.3 Å². The Morgan fingerprint density at radius 1 is 1.57 bits per heavy atom. The molecule has 21 heavy (non-hydrogen) atoms. The molecule has 0 saturated carbocycles. The first-order valence-corrected chi connectivity index (χ1v) is 8.51. The van der Waals surface area contributed by atoms with E-state index in [0.717, 1.165) is 43.1 Å². The lowest BCUT2D eigenvalue weighted by atomic mass is 9.86. The minimum absolute atomic E-state index is 0.000681. The van der Waals surface area contributed by atoms with E-state index in [2.05, 4.69) is 24.1 Å². The molecule has 1 aliphatic heterocycles. The topological polar surface area (TPSA) is 71.5 Å². The minimum Gasteiger partial charge on any atom is -0.481 e. The van der Waals surface area contributed by atoms with Crippen molar-refractivity contribution < 1.29 is 14.6 Å². The van der Waals surface area contributed by atoms with Crippen LogP contribution in [0.3, 0.4) is 0 Å². The smallest absolute Gasteiger partial charge is 0.303 e. The van der Waals surface area contributed by atoms with Crippen molar-refractivity contribution in [1.29, 1.82) is 0 Å². The van der Waals surface area contributed by atoms with Crippen LogP contribution < -0.4 is 5.32 Å². The third kappa shape index (κ3) is 4.41. The Hall–Kier alpha value is -1.14. The highest BCUT2D eigenvalue weighted by Crippen LogP contribution is 2.33. The maximum atomic E-state index is 10.6. The standard InChI is InChI=1S/C15H24N2O3S/c1-3-15(4-2)9-11(7-8-20-15)16-14-17-12(10-21-14)5-6-13(18)19/h10-11H,3-9H2,1-2H3,(H,16,17)(H,18,19). The van der Waals surface area contributed by atoms with Crippen LogP contribution in [0.1, 0.15) is 51.6 Å². The van der Waals surface area contributed by atoms with Gasteiger partial charge in [-0.2, -0.15) is 0 Å². The zero-order chi connectivity index (χ0) is 15.3. The van der Waals surface area contributed by atoms with Gasteiger partial charge in [-0.05, 0) is 25.7 Å². The molecule has 2 N–H and O–H groups in total. The van der Waals surface area contributed by atoms with Gasteiger partial charge in [-0.3, -0.25) is 4.79 Å². The van der Waals surface area contributed by atoms with E-state index in [1.165, 1.54) is 0 Å². The Balaban J connectivity index is 1.90. The number of rotatable bonds is 7. The van der Waals surface area contributed by atoms with Crippen LogP contribution in [-0.4, -0.2) is 34.3 Å². The van der Waals surface area contributed by atoms with Crippen LogP contribution >= 0.6 is 11.3 Å². The molecular weight excluding hydrogens is 288 g/mol. The van der Waals surface area contributed by atoms with Gasteiger partial charge >= 0.3 is 5.97 Å². The normalized spacial score (nSPS) is 21.1. The van der Waals surface area contributed by atoms with Gasteiger partial charge < -0.3 is 15.2 Å². The minimum atomic E-state index is -0.780. The second-order valence-electron chi connectivity index (χ2n) is 5.61. The molecular formula is C15H24N2O3S. The molecule has 1 aromatic heterocycles. The molecule has 0 aliphatic carbocycles. The number of aromatic nitrogens is 1. The zero-order valence-electron chi connectivity index (χ0n) is 12.7. The summed E-state index contributed by atoms with van der Waals surface area (Å²) in [6.07, 6.45) is 4.69. The first-order chi connectivity index (χ1) is 10.1. The van der Waals surface area contributed by atoms with E-state index in [4.69, 9.17) is 9.84 Å². The van der Waals surface area contributed by atoms with Crippen molar-refractivity contribution in [2.45, 2.75) is 64.0 Å². The summed E-state index contributed by atoms with van der Waals surface area (Å²) >= 11 is 1.55. The van der Waals surface area contributed by atoms with Crippen molar-refractivity contribution in [1.82, 2.24) is 4.98 Å². The molecule has 1 fully saturated rings. The SMILES string of the molecule is CCC1(CC)CC(Nc2nc(CCC(=O)O)cs2)CCO1. The number of aryl methyl sites for hydroxylation is 1.